The molecule has 2 nitrogen and oxygen atoms in total. The van der Waals surface area contributed by atoms with Gasteiger partial charge < -0.3 is 10.1 Å². The minimum absolute atomic E-state index is 0.686. The van der Waals surface area contributed by atoms with E-state index in [1.807, 2.05) is 7.05 Å². The Morgan fingerprint density at radius 1 is 1.15 bits per heavy atom. The van der Waals surface area contributed by atoms with Crippen molar-refractivity contribution in [3.05, 3.63) is 28.8 Å². The fraction of sp³-hybridized carbons (Fsp3) is 0.667. The Morgan fingerprint density at radius 2 is 1.80 bits per heavy atom. The van der Waals surface area contributed by atoms with Crippen LogP contribution in [0.15, 0.2) is 12.1 Å². The standard InChI is InChI=1S/C18H31NO/c1-6-8-9-16(7-2)13-20-18-14(3)10-17(12-19-5)11-15(18)4/h10-11,16,19H,6-9,12-13H2,1-5H3. The molecule has 0 aliphatic rings. The van der Waals surface area contributed by atoms with Gasteiger partial charge in [-0.3, -0.25) is 0 Å². The van der Waals surface area contributed by atoms with Crippen molar-refractivity contribution in [3.8, 4) is 5.75 Å². The molecule has 0 aliphatic heterocycles. The first kappa shape index (κ1) is 17.0. The maximum atomic E-state index is 6.13. The van der Waals surface area contributed by atoms with E-state index in [-0.39, 0.29) is 0 Å². The Balaban J connectivity index is 2.67. The van der Waals surface area contributed by atoms with E-state index in [1.54, 1.807) is 0 Å². The summed E-state index contributed by atoms with van der Waals surface area (Å²) in [6.45, 7) is 10.6. The van der Waals surface area contributed by atoms with Crippen molar-refractivity contribution < 1.29 is 4.74 Å². The average Bonchev–Trinajstić information content (AvgIpc) is 2.41. The molecule has 0 aliphatic carbocycles. The highest BCUT2D eigenvalue weighted by molar-refractivity contribution is 5.43. The minimum Gasteiger partial charge on any atom is -0.493 e. The summed E-state index contributed by atoms with van der Waals surface area (Å²) in [6.07, 6.45) is 5.06. The highest BCUT2D eigenvalue weighted by Crippen LogP contribution is 2.26. The molecule has 1 aromatic carbocycles. The maximum absolute atomic E-state index is 6.13. The molecular weight excluding hydrogens is 246 g/mol. The summed E-state index contributed by atoms with van der Waals surface area (Å²) in [6, 6.07) is 4.46. The summed E-state index contributed by atoms with van der Waals surface area (Å²) in [7, 11) is 1.98. The third-order valence-electron chi connectivity index (χ3n) is 3.91. The summed E-state index contributed by atoms with van der Waals surface area (Å²) >= 11 is 0. The van der Waals surface area contributed by atoms with Crippen LogP contribution in [-0.2, 0) is 6.54 Å². The molecule has 0 fully saturated rings. The molecule has 1 N–H and O–H groups in total. The molecule has 1 atom stereocenters. The van der Waals surface area contributed by atoms with E-state index in [2.05, 4.69) is 45.1 Å². The van der Waals surface area contributed by atoms with E-state index in [1.165, 1.54) is 42.4 Å². The van der Waals surface area contributed by atoms with Crippen LogP contribution in [0.25, 0.3) is 0 Å². The number of hydrogen-bond donors (Lipinski definition) is 1. The second-order valence-electron chi connectivity index (χ2n) is 5.82. The van der Waals surface area contributed by atoms with Gasteiger partial charge in [0.25, 0.3) is 0 Å². The molecule has 1 unspecified atom stereocenters. The van der Waals surface area contributed by atoms with Gasteiger partial charge >= 0.3 is 0 Å². The lowest BCUT2D eigenvalue weighted by Crippen LogP contribution is -2.13. The number of rotatable bonds is 9. The lowest BCUT2D eigenvalue weighted by atomic mass is 10.0. The number of benzene rings is 1. The van der Waals surface area contributed by atoms with Crippen LogP contribution in [-0.4, -0.2) is 13.7 Å². The smallest absolute Gasteiger partial charge is 0.125 e. The van der Waals surface area contributed by atoms with Crippen LogP contribution in [0.5, 0.6) is 5.75 Å². The van der Waals surface area contributed by atoms with Gasteiger partial charge in [-0.05, 0) is 49.9 Å². The Hall–Kier alpha value is -1.02. The van der Waals surface area contributed by atoms with E-state index in [4.69, 9.17) is 4.74 Å². The van der Waals surface area contributed by atoms with Crippen LogP contribution in [0.2, 0.25) is 0 Å². The van der Waals surface area contributed by atoms with E-state index in [9.17, 15) is 0 Å². The van der Waals surface area contributed by atoms with Gasteiger partial charge in [-0.2, -0.15) is 0 Å². The molecule has 1 rings (SSSR count). The predicted octanol–water partition coefficient (Wildman–Crippen LogP) is 4.62. The third kappa shape index (κ3) is 5.16. The first-order chi connectivity index (χ1) is 9.62. The molecule has 20 heavy (non-hydrogen) atoms. The molecule has 0 radical (unpaired) electrons. The first-order valence-electron chi connectivity index (χ1n) is 7.99. The highest BCUT2D eigenvalue weighted by atomic mass is 16.5. The Bertz CT molecular complexity index is 377. The number of aryl methyl sites for hydroxylation is 2. The zero-order valence-electron chi connectivity index (χ0n) is 13.9. The van der Waals surface area contributed by atoms with Gasteiger partial charge in [-0.1, -0.05) is 45.2 Å². The van der Waals surface area contributed by atoms with Gasteiger partial charge in [0.05, 0.1) is 6.61 Å². The van der Waals surface area contributed by atoms with E-state index in [0.717, 1.165) is 18.9 Å². The van der Waals surface area contributed by atoms with Crippen molar-refractivity contribution in [1.82, 2.24) is 5.32 Å². The largest absolute Gasteiger partial charge is 0.493 e. The monoisotopic (exact) mass is 277 g/mol. The average molecular weight is 277 g/mol. The molecule has 0 saturated carbocycles. The molecular formula is C18H31NO. The SMILES string of the molecule is CCCCC(CC)COc1c(C)cc(CNC)cc1C. The van der Waals surface area contributed by atoms with Gasteiger partial charge in [0.15, 0.2) is 0 Å². The summed E-state index contributed by atoms with van der Waals surface area (Å²) in [5.74, 6) is 1.77. The van der Waals surface area contributed by atoms with Crippen LogP contribution in [0.4, 0.5) is 0 Å². The van der Waals surface area contributed by atoms with E-state index in [0.29, 0.717) is 5.92 Å². The van der Waals surface area contributed by atoms with Crippen LogP contribution in [0, 0.1) is 19.8 Å². The molecule has 0 heterocycles. The normalized spacial score (nSPS) is 12.4. The zero-order valence-corrected chi connectivity index (χ0v) is 13.9. The molecule has 0 aromatic heterocycles. The number of nitrogens with one attached hydrogen (secondary N) is 1. The number of unbranched alkanes of at least 4 members (excludes halogenated alkanes) is 1. The van der Waals surface area contributed by atoms with Crippen molar-refractivity contribution in [2.45, 2.75) is 59.9 Å². The van der Waals surface area contributed by atoms with Gasteiger partial charge in [0, 0.05) is 6.54 Å². The van der Waals surface area contributed by atoms with Gasteiger partial charge in [-0.15, -0.1) is 0 Å². The molecule has 0 spiro atoms. The summed E-state index contributed by atoms with van der Waals surface area (Å²) in [4.78, 5) is 0. The molecule has 2 heteroatoms. The molecule has 114 valence electrons. The predicted molar refractivity (Wildman–Crippen MR) is 87.5 cm³/mol. The fourth-order valence-corrected chi connectivity index (χ4v) is 2.67. The van der Waals surface area contributed by atoms with E-state index >= 15 is 0 Å². The summed E-state index contributed by atoms with van der Waals surface area (Å²) in [5.41, 5.74) is 3.83. The zero-order chi connectivity index (χ0) is 15.0. The molecule has 0 saturated heterocycles. The van der Waals surface area contributed by atoms with Crippen molar-refractivity contribution in [1.29, 1.82) is 0 Å². The lowest BCUT2D eigenvalue weighted by molar-refractivity contribution is 0.231. The lowest BCUT2D eigenvalue weighted by Gasteiger charge is -2.19. The second-order valence-corrected chi connectivity index (χ2v) is 5.82. The van der Waals surface area contributed by atoms with Gasteiger partial charge in [0.1, 0.15) is 5.75 Å². The van der Waals surface area contributed by atoms with Crippen LogP contribution in [0.1, 0.15) is 56.2 Å². The quantitative estimate of drug-likeness (QED) is 0.711. The molecule has 0 amide bonds. The van der Waals surface area contributed by atoms with Crippen molar-refractivity contribution >= 4 is 0 Å². The third-order valence-corrected chi connectivity index (χ3v) is 3.91. The minimum atomic E-state index is 0.686. The molecule has 1 aromatic rings. The van der Waals surface area contributed by atoms with Crippen molar-refractivity contribution in [2.24, 2.45) is 5.92 Å². The highest BCUT2D eigenvalue weighted by Gasteiger charge is 2.10. The fourth-order valence-electron chi connectivity index (χ4n) is 2.67. The van der Waals surface area contributed by atoms with Gasteiger partial charge in [0.2, 0.25) is 0 Å². The van der Waals surface area contributed by atoms with Gasteiger partial charge in [-0.25, -0.2) is 0 Å². The van der Waals surface area contributed by atoms with Crippen molar-refractivity contribution in [3.63, 3.8) is 0 Å². The maximum Gasteiger partial charge on any atom is 0.125 e. The van der Waals surface area contributed by atoms with E-state index < -0.39 is 0 Å². The summed E-state index contributed by atoms with van der Waals surface area (Å²) < 4.78 is 6.13. The van der Waals surface area contributed by atoms with Crippen LogP contribution < -0.4 is 10.1 Å². The topological polar surface area (TPSA) is 21.3 Å². The summed E-state index contributed by atoms with van der Waals surface area (Å²) in [5, 5.41) is 3.20. The van der Waals surface area contributed by atoms with Crippen LogP contribution >= 0.6 is 0 Å². The number of ether oxygens (including phenoxy) is 1. The molecule has 0 bridgehead atoms. The Morgan fingerprint density at radius 3 is 2.30 bits per heavy atom. The number of hydrogen-bond acceptors (Lipinski definition) is 2. The first-order valence-corrected chi connectivity index (χ1v) is 7.99. The van der Waals surface area contributed by atoms with Crippen molar-refractivity contribution in [2.75, 3.05) is 13.7 Å². The second kappa shape index (κ2) is 9.02. The Labute approximate surface area is 124 Å². The van der Waals surface area contributed by atoms with Crippen LogP contribution in [0.3, 0.4) is 0 Å². The Kier molecular flexibility index (Phi) is 7.68.